The van der Waals surface area contributed by atoms with Crippen molar-refractivity contribution >= 4 is 41.8 Å². The molecule has 3 saturated heterocycles. The predicted molar refractivity (Wildman–Crippen MR) is 191 cm³/mol. The van der Waals surface area contributed by atoms with E-state index in [2.05, 4.69) is 0 Å². The molecule has 20 nitrogen and oxygen atoms in total. The molecule has 0 amide bonds. The Labute approximate surface area is 348 Å². The minimum atomic E-state index is -2.64. The number of carbonyl (C=O) groups excluding carboxylic acids is 7. The first-order valence-electron chi connectivity index (χ1n) is 20.0. The Hall–Kier alpha value is -4.63. The van der Waals surface area contributed by atoms with Crippen LogP contribution in [0.2, 0.25) is 0 Å². The standard InChI is InChI=1S/C41H48O20/c1-16(2)28(47)58-39-31(56-20(6)45)33(7)14-38(39,50)34(8,23(33)22(29(48)51-10)53-17(3)42)40-24(46)26(54-18(4)43)36-15-37(36,41(40)32(39)59-35(9,60-40)61-41)27(55-19(5)44)30(49)57-25(36)21-11-12-52-13-21/h11-13,16,22-27,31-32,46,50H,14-15H2,1-10H3/t22-,23+,24-,25+,26+,27+,31-,32-,33-,34-,35-,36-,37-,38-,39+,40+,41+/m1/s1. The number of fused-ring (bicyclic) bond motifs is 3. The molecule has 9 rings (SSSR count). The molecule has 4 heterocycles. The van der Waals surface area contributed by atoms with Crippen molar-refractivity contribution in [3.63, 3.8) is 0 Å². The molecule has 1 aromatic rings. The molecular formula is C41H48O20. The molecule has 5 saturated carbocycles. The molecule has 1 aromatic heterocycles. The predicted octanol–water partition coefficient (Wildman–Crippen LogP) is 0.854. The fourth-order valence-electron chi connectivity index (χ4n) is 14.4. The lowest BCUT2D eigenvalue weighted by Gasteiger charge is -2.77. The number of methoxy groups -OCH3 is 1. The first-order valence-corrected chi connectivity index (χ1v) is 20.0. The minimum Gasteiger partial charge on any atom is -0.472 e. The number of carbonyl (C=O) groups is 7. The summed E-state index contributed by atoms with van der Waals surface area (Å²) in [6.45, 7) is 11.5. The maximum atomic E-state index is 14.7. The molecular weight excluding hydrogens is 812 g/mol. The van der Waals surface area contributed by atoms with Crippen molar-refractivity contribution in [3.8, 4) is 0 Å². The van der Waals surface area contributed by atoms with E-state index in [-0.39, 0.29) is 12.0 Å². The van der Waals surface area contributed by atoms with Crippen LogP contribution < -0.4 is 0 Å². The van der Waals surface area contributed by atoms with Crippen LogP contribution in [0.15, 0.2) is 23.0 Å². The van der Waals surface area contributed by atoms with Crippen LogP contribution in [0.5, 0.6) is 0 Å². The van der Waals surface area contributed by atoms with Crippen molar-refractivity contribution in [2.24, 2.45) is 33.5 Å². The van der Waals surface area contributed by atoms with Crippen LogP contribution >= 0.6 is 0 Å². The SMILES string of the molecule is COC(=O)[C@H](OC(C)=O)[C@H]1[C@@]2(C)C[C@]3(O)[C@](OC(=O)C(C)C)([C@@H]2OC(C)=O)[C@H]2O[C@]4(C)O[C@@]5([C@H](O)[C@H](OC(C)=O)[C@]67C[C@]6([C@@H](OC(C)=O)C(=O)O[C@H]7c6ccoc6)[C@@]25O4)[C@]13C. The highest BCUT2D eigenvalue weighted by Crippen LogP contribution is 2.96. The molecule has 1 spiro atoms. The van der Waals surface area contributed by atoms with E-state index in [9.17, 15) is 43.8 Å². The van der Waals surface area contributed by atoms with Gasteiger partial charge in [-0.25, -0.2) is 9.59 Å². The summed E-state index contributed by atoms with van der Waals surface area (Å²) in [5, 5.41) is 27.7. The second-order valence-electron chi connectivity index (χ2n) is 18.7. The van der Waals surface area contributed by atoms with Crippen molar-refractivity contribution < 1.29 is 95.6 Å². The summed E-state index contributed by atoms with van der Waals surface area (Å²) < 4.78 is 68.3. The lowest BCUT2D eigenvalue weighted by atomic mass is 9.33. The van der Waals surface area contributed by atoms with E-state index in [0.29, 0.717) is 0 Å². The molecule has 0 unspecified atom stereocenters. The molecule has 61 heavy (non-hydrogen) atoms. The zero-order chi connectivity index (χ0) is 44.6. The van der Waals surface area contributed by atoms with E-state index < -0.39 is 153 Å². The van der Waals surface area contributed by atoms with Crippen LogP contribution in [0.1, 0.15) is 86.8 Å². The highest BCUT2D eigenvalue weighted by atomic mass is 17.0. The maximum Gasteiger partial charge on any atom is 0.348 e. The van der Waals surface area contributed by atoms with Crippen molar-refractivity contribution in [1.82, 2.24) is 0 Å². The fraction of sp³-hybridized carbons (Fsp3) is 0.732. The molecule has 332 valence electrons. The van der Waals surface area contributed by atoms with Gasteiger partial charge >= 0.3 is 41.8 Å². The second-order valence-corrected chi connectivity index (χ2v) is 18.7. The zero-order valence-corrected chi connectivity index (χ0v) is 35.1. The summed E-state index contributed by atoms with van der Waals surface area (Å²) in [4.78, 5) is 96.3. The highest BCUT2D eigenvalue weighted by Gasteiger charge is 3.12. The number of aliphatic hydroxyl groups is 2. The summed E-state index contributed by atoms with van der Waals surface area (Å²) in [5.74, 6) is -11.8. The van der Waals surface area contributed by atoms with Crippen LogP contribution in [-0.4, -0.2) is 124 Å². The summed E-state index contributed by atoms with van der Waals surface area (Å²) in [6, 6.07) is 1.48. The lowest BCUT2D eigenvalue weighted by Crippen LogP contribution is -2.97. The number of ether oxygens (including phenoxy) is 10. The zero-order valence-electron chi connectivity index (χ0n) is 35.1. The molecule has 17 atom stereocenters. The molecule has 0 radical (unpaired) electrons. The Morgan fingerprint density at radius 1 is 0.869 bits per heavy atom. The van der Waals surface area contributed by atoms with E-state index in [1.165, 1.54) is 53.2 Å². The average Bonchev–Trinajstić information content (AvgIpc) is 3.51. The third kappa shape index (κ3) is 4.17. The highest BCUT2D eigenvalue weighted by molar-refractivity contribution is 5.85. The van der Waals surface area contributed by atoms with Gasteiger partial charge in [0.05, 0.1) is 36.4 Å². The van der Waals surface area contributed by atoms with E-state index in [1.54, 1.807) is 0 Å². The van der Waals surface area contributed by atoms with E-state index in [0.717, 1.165) is 34.8 Å². The van der Waals surface area contributed by atoms with Gasteiger partial charge in [-0.2, -0.15) is 0 Å². The minimum absolute atomic E-state index is 0.232. The number of cyclic esters (lactones) is 1. The first kappa shape index (κ1) is 41.7. The molecule has 2 N–H and O–H groups in total. The largest absolute Gasteiger partial charge is 0.472 e. The smallest absolute Gasteiger partial charge is 0.348 e. The Morgan fingerprint density at radius 2 is 1.51 bits per heavy atom. The average molecular weight is 861 g/mol. The van der Waals surface area contributed by atoms with Gasteiger partial charge in [0, 0.05) is 56.9 Å². The summed E-state index contributed by atoms with van der Waals surface area (Å²) in [7, 11) is 1.03. The van der Waals surface area contributed by atoms with Gasteiger partial charge in [0.2, 0.25) is 17.8 Å². The maximum absolute atomic E-state index is 14.7. The van der Waals surface area contributed by atoms with Gasteiger partial charge in [0.15, 0.2) is 6.10 Å². The monoisotopic (exact) mass is 860 g/mol. The number of hydrogen-bond donors (Lipinski definition) is 2. The topological polar surface area (TPSA) is 265 Å². The number of furan rings is 1. The Kier molecular flexibility index (Phi) is 8.26. The summed E-state index contributed by atoms with van der Waals surface area (Å²) in [5.41, 5.74) is -18.1. The van der Waals surface area contributed by atoms with Gasteiger partial charge in [0.25, 0.3) is 5.97 Å². The third-order valence-corrected chi connectivity index (χ3v) is 15.6. The number of aliphatic hydroxyl groups excluding tert-OH is 1. The summed E-state index contributed by atoms with van der Waals surface area (Å²) >= 11 is 0. The van der Waals surface area contributed by atoms with Gasteiger partial charge in [-0.15, -0.1) is 0 Å². The van der Waals surface area contributed by atoms with Crippen molar-refractivity contribution in [1.29, 1.82) is 0 Å². The van der Waals surface area contributed by atoms with Gasteiger partial charge in [-0.3, -0.25) is 24.0 Å². The van der Waals surface area contributed by atoms with E-state index >= 15 is 0 Å². The van der Waals surface area contributed by atoms with Crippen LogP contribution in [0, 0.1) is 33.5 Å². The van der Waals surface area contributed by atoms with Crippen LogP contribution in [0.4, 0.5) is 0 Å². The third-order valence-electron chi connectivity index (χ3n) is 15.6. The van der Waals surface area contributed by atoms with Gasteiger partial charge in [0.1, 0.15) is 41.2 Å². The van der Waals surface area contributed by atoms with Crippen LogP contribution in [0.25, 0.3) is 0 Å². The second kappa shape index (κ2) is 12.1. The molecule has 3 aliphatic heterocycles. The van der Waals surface area contributed by atoms with Gasteiger partial charge in [-0.05, 0) is 18.9 Å². The number of rotatable bonds is 9. The Morgan fingerprint density at radius 3 is 2.07 bits per heavy atom. The molecule has 20 heteroatoms. The molecule has 8 aliphatic rings. The number of esters is 7. The molecule has 8 fully saturated rings. The quantitative estimate of drug-likeness (QED) is 0.257. The normalized spacial score (nSPS) is 49.1. The van der Waals surface area contributed by atoms with Crippen LogP contribution in [0.3, 0.4) is 0 Å². The lowest BCUT2D eigenvalue weighted by molar-refractivity contribution is -0.472. The van der Waals surface area contributed by atoms with Crippen molar-refractivity contribution in [3.05, 3.63) is 24.2 Å². The van der Waals surface area contributed by atoms with Gasteiger partial charge < -0.3 is 62.0 Å². The molecule has 4 bridgehead atoms. The summed E-state index contributed by atoms with van der Waals surface area (Å²) in [6.07, 6.45) is -11.3. The Balaban J connectivity index is 1.48. The molecule has 0 aromatic carbocycles. The van der Waals surface area contributed by atoms with Crippen molar-refractivity contribution in [2.75, 3.05) is 7.11 Å². The fourth-order valence-corrected chi connectivity index (χ4v) is 14.4. The number of hydrogen-bond acceptors (Lipinski definition) is 20. The van der Waals surface area contributed by atoms with Crippen LogP contribution in [-0.2, 0) is 80.9 Å². The van der Waals surface area contributed by atoms with E-state index in [1.807, 2.05) is 0 Å². The molecule has 5 aliphatic carbocycles. The van der Waals surface area contributed by atoms with Crippen molar-refractivity contribution in [2.45, 2.75) is 146 Å². The Bertz CT molecular complexity index is 2190. The van der Waals surface area contributed by atoms with Gasteiger partial charge in [-0.1, -0.05) is 27.7 Å². The van der Waals surface area contributed by atoms with E-state index in [4.69, 9.17) is 51.8 Å². The first-order chi connectivity index (χ1) is 28.3.